The lowest BCUT2D eigenvalue weighted by atomic mass is 9.93. The first kappa shape index (κ1) is 17.5. The van der Waals surface area contributed by atoms with Gasteiger partial charge in [0.1, 0.15) is 0 Å². The second kappa shape index (κ2) is 6.73. The number of hydrogen-bond donors (Lipinski definition) is 0. The van der Waals surface area contributed by atoms with E-state index in [1.807, 2.05) is 0 Å². The lowest BCUT2D eigenvalue weighted by Crippen LogP contribution is -2.05. The van der Waals surface area contributed by atoms with E-state index >= 15 is 0 Å². The highest BCUT2D eigenvalue weighted by molar-refractivity contribution is 6.69. The average Bonchev–Trinajstić information content (AvgIpc) is 2.52. The molecule has 0 N–H and O–H groups in total. The van der Waals surface area contributed by atoms with Crippen LogP contribution in [0.25, 0.3) is 11.1 Å². The Kier molecular flexibility index (Phi) is 4.91. The van der Waals surface area contributed by atoms with Crippen molar-refractivity contribution in [3.63, 3.8) is 0 Å². The molecule has 2 aromatic rings. The van der Waals surface area contributed by atoms with Gasteiger partial charge in [-0.1, -0.05) is 12.1 Å². The van der Waals surface area contributed by atoms with Crippen LogP contribution in [0.5, 0.6) is 0 Å². The van der Waals surface area contributed by atoms with Crippen molar-refractivity contribution in [1.82, 2.24) is 0 Å². The Labute approximate surface area is 143 Å². The van der Waals surface area contributed by atoms with Gasteiger partial charge in [-0.15, -0.1) is 0 Å². The molecule has 0 aliphatic heterocycles. The molecule has 0 atom stereocenters. The highest BCUT2D eigenvalue weighted by Gasteiger charge is 2.31. The molecule has 8 nitrogen and oxygen atoms in total. The van der Waals surface area contributed by atoms with Crippen molar-refractivity contribution in [2.45, 2.75) is 0 Å². The Hall–Kier alpha value is -2.84. The standard InChI is InChI=1S/C14H6Cl2N2O6/c15-13(19)7-3-1-5-9(17(21)22)11(7)12-8(14(16)20)4-2-6-10(12)18(23)24/h1-6H. The van der Waals surface area contributed by atoms with Crippen molar-refractivity contribution in [3.8, 4) is 11.1 Å². The molecule has 0 aromatic heterocycles. The molecular formula is C14H6Cl2N2O6. The molecule has 2 rings (SSSR count). The van der Waals surface area contributed by atoms with Gasteiger partial charge < -0.3 is 0 Å². The van der Waals surface area contributed by atoms with Crippen LogP contribution in [0.2, 0.25) is 0 Å². The minimum Gasteiger partial charge on any atom is -0.276 e. The summed E-state index contributed by atoms with van der Waals surface area (Å²) in [5.74, 6) is 0. The lowest BCUT2D eigenvalue weighted by molar-refractivity contribution is -0.386. The smallest absolute Gasteiger partial charge is 0.276 e. The fourth-order valence-electron chi connectivity index (χ4n) is 2.24. The van der Waals surface area contributed by atoms with Gasteiger partial charge in [0.05, 0.1) is 21.0 Å². The van der Waals surface area contributed by atoms with Gasteiger partial charge >= 0.3 is 0 Å². The largest absolute Gasteiger partial charge is 0.278 e. The SMILES string of the molecule is O=C(Cl)c1cccc([N+](=O)[O-])c1-c1c(C(=O)Cl)cccc1[N+](=O)[O-]. The summed E-state index contributed by atoms with van der Waals surface area (Å²) in [6.45, 7) is 0. The summed E-state index contributed by atoms with van der Waals surface area (Å²) < 4.78 is 0. The van der Waals surface area contributed by atoms with E-state index in [1.165, 1.54) is 12.1 Å². The van der Waals surface area contributed by atoms with E-state index in [1.54, 1.807) is 0 Å². The number of benzene rings is 2. The van der Waals surface area contributed by atoms with Crippen molar-refractivity contribution in [2.75, 3.05) is 0 Å². The maximum Gasteiger partial charge on any atom is 0.278 e. The van der Waals surface area contributed by atoms with E-state index in [0.29, 0.717) is 0 Å². The molecule has 0 aliphatic carbocycles. The summed E-state index contributed by atoms with van der Waals surface area (Å²) in [7, 11) is 0. The molecule has 0 amide bonds. The quantitative estimate of drug-likeness (QED) is 0.447. The highest BCUT2D eigenvalue weighted by Crippen LogP contribution is 2.41. The number of nitro groups is 2. The molecule has 0 fully saturated rings. The minimum atomic E-state index is -1.07. The van der Waals surface area contributed by atoms with Crippen LogP contribution in [0, 0.1) is 20.2 Å². The molecular weight excluding hydrogens is 363 g/mol. The second-order valence-corrected chi connectivity index (χ2v) is 5.15. The van der Waals surface area contributed by atoms with Gasteiger partial charge in [0.2, 0.25) is 0 Å². The molecule has 0 unspecified atom stereocenters. The molecule has 122 valence electrons. The molecule has 24 heavy (non-hydrogen) atoms. The summed E-state index contributed by atoms with van der Waals surface area (Å²) in [5, 5.41) is 20.5. The Morgan fingerprint density at radius 1 is 0.750 bits per heavy atom. The molecule has 0 bridgehead atoms. The Morgan fingerprint density at radius 2 is 1.08 bits per heavy atom. The molecule has 0 saturated carbocycles. The Bertz CT molecular complexity index is 759. The van der Waals surface area contributed by atoms with Gasteiger partial charge in [-0.05, 0) is 35.3 Å². The van der Waals surface area contributed by atoms with E-state index in [-0.39, 0.29) is 11.1 Å². The van der Waals surface area contributed by atoms with Crippen LogP contribution >= 0.6 is 23.2 Å². The maximum atomic E-state index is 11.6. The van der Waals surface area contributed by atoms with Crippen molar-refractivity contribution >= 4 is 45.1 Å². The summed E-state index contributed by atoms with van der Waals surface area (Å²) in [4.78, 5) is 44.2. The molecule has 0 radical (unpaired) electrons. The van der Waals surface area contributed by atoms with Gasteiger partial charge in [0.15, 0.2) is 0 Å². The van der Waals surface area contributed by atoms with Crippen molar-refractivity contribution in [1.29, 1.82) is 0 Å². The van der Waals surface area contributed by atoms with Crippen molar-refractivity contribution in [3.05, 3.63) is 67.8 Å². The average molecular weight is 369 g/mol. The number of carbonyl (C=O) groups is 2. The Morgan fingerprint density at radius 3 is 1.33 bits per heavy atom. The highest BCUT2D eigenvalue weighted by atomic mass is 35.5. The fourth-order valence-corrected chi connectivity index (χ4v) is 2.55. The number of nitrogens with zero attached hydrogens (tertiary/aromatic N) is 2. The topological polar surface area (TPSA) is 120 Å². The van der Waals surface area contributed by atoms with Gasteiger partial charge in [0.25, 0.3) is 21.9 Å². The second-order valence-electron chi connectivity index (χ2n) is 4.46. The zero-order chi connectivity index (χ0) is 18.0. The third-order valence-electron chi connectivity index (χ3n) is 3.15. The van der Waals surface area contributed by atoms with Crippen LogP contribution in [0.4, 0.5) is 11.4 Å². The van der Waals surface area contributed by atoms with Crippen molar-refractivity contribution < 1.29 is 19.4 Å². The third-order valence-corrected chi connectivity index (χ3v) is 3.56. The maximum absolute atomic E-state index is 11.6. The molecule has 2 aromatic carbocycles. The molecule has 10 heteroatoms. The van der Waals surface area contributed by atoms with Crippen LogP contribution in [-0.2, 0) is 0 Å². The third kappa shape index (κ3) is 3.10. The number of hydrogen-bond acceptors (Lipinski definition) is 6. The number of nitro benzene ring substituents is 2. The first-order valence-electron chi connectivity index (χ1n) is 6.20. The molecule has 0 saturated heterocycles. The first-order chi connectivity index (χ1) is 11.3. The van der Waals surface area contributed by atoms with Crippen LogP contribution in [0.15, 0.2) is 36.4 Å². The van der Waals surface area contributed by atoms with E-state index < -0.39 is 42.8 Å². The predicted octanol–water partition coefficient (Wildman–Crippen LogP) is 3.93. The van der Waals surface area contributed by atoms with E-state index in [2.05, 4.69) is 0 Å². The minimum absolute atomic E-state index is 0.348. The lowest BCUT2D eigenvalue weighted by Gasteiger charge is -2.11. The Balaban J connectivity index is 3.06. The molecule has 0 aliphatic rings. The zero-order valence-electron chi connectivity index (χ0n) is 11.6. The number of halogens is 2. The van der Waals surface area contributed by atoms with E-state index in [0.717, 1.165) is 24.3 Å². The van der Waals surface area contributed by atoms with Crippen LogP contribution < -0.4 is 0 Å². The number of rotatable bonds is 5. The summed E-state index contributed by atoms with van der Waals surface area (Å²) in [6, 6.07) is 6.81. The summed E-state index contributed by atoms with van der Waals surface area (Å²) in [6.07, 6.45) is 0. The van der Waals surface area contributed by atoms with Crippen LogP contribution in [0.3, 0.4) is 0 Å². The van der Waals surface area contributed by atoms with Crippen LogP contribution in [-0.4, -0.2) is 20.3 Å². The first-order valence-corrected chi connectivity index (χ1v) is 6.96. The van der Waals surface area contributed by atoms with Gasteiger partial charge in [0, 0.05) is 23.3 Å². The van der Waals surface area contributed by atoms with E-state index in [9.17, 15) is 29.8 Å². The van der Waals surface area contributed by atoms with Gasteiger partial charge in [-0.25, -0.2) is 0 Å². The number of carbonyl (C=O) groups excluding carboxylic acids is 2. The van der Waals surface area contributed by atoms with Gasteiger partial charge in [-0.2, -0.15) is 0 Å². The van der Waals surface area contributed by atoms with Crippen LogP contribution in [0.1, 0.15) is 20.7 Å². The normalized spacial score (nSPS) is 10.2. The van der Waals surface area contributed by atoms with Gasteiger partial charge in [-0.3, -0.25) is 29.8 Å². The predicted molar refractivity (Wildman–Crippen MR) is 85.6 cm³/mol. The summed E-state index contributed by atoms with van der Waals surface area (Å²) >= 11 is 10.9. The molecule has 0 heterocycles. The molecule has 0 spiro atoms. The van der Waals surface area contributed by atoms with E-state index in [4.69, 9.17) is 23.2 Å². The zero-order valence-corrected chi connectivity index (χ0v) is 13.1. The van der Waals surface area contributed by atoms with Crippen molar-refractivity contribution in [2.24, 2.45) is 0 Å². The summed E-state index contributed by atoms with van der Waals surface area (Å²) in [5.41, 5.74) is -2.79. The fraction of sp³-hybridized carbons (Fsp3) is 0. The monoisotopic (exact) mass is 368 g/mol.